The molecule has 0 unspecified atom stereocenters. The van der Waals surface area contributed by atoms with E-state index in [1.807, 2.05) is 0 Å². The molecule has 0 spiro atoms. The normalized spacial score (nSPS) is 12.3. The molecule has 12 heavy (non-hydrogen) atoms. The zero-order valence-corrected chi connectivity index (χ0v) is 8.60. The third kappa shape index (κ3) is 5.51. The van der Waals surface area contributed by atoms with Gasteiger partial charge in [0, 0.05) is 13.6 Å². The van der Waals surface area contributed by atoms with Gasteiger partial charge < -0.3 is 5.73 Å². The highest BCUT2D eigenvalue weighted by Crippen LogP contribution is 1.99. The van der Waals surface area contributed by atoms with Gasteiger partial charge in [0.15, 0.2) is 0 Å². The zero-order chi connectivity index (χ0) is 9.61. The molecule has 0 fully saturated rings. The van der Waals surface area contributed by atoms with Crippen LogP contribution < -0.4 is 5.73 Å². The molecule has 0 radical (unpaired) electrons. The molecule has 0 saturated heterocycles. The molecule has 2 N–H and O–H groups in total. The minimum absolute atomic E-state index is 0.596. The molecule has 5 heteroatoms. The highest BCUT2D eigenvalue weighted by Gasteiger charge is 2.08. The van der Waals surface area contributed by atoms with Crippen LogP contribution in [-0.4, -0.2) is 39.1 Å². The van der Waals surface area contributed by atoms with E-state index in [1.54, 1.807) is 7.05 Å². The third-order valence-corrected chi connectivity index (χ3v) is 3.06. The van der Waals surface area contributed by atoms with Gasteiger partial charge in [-0.1, -0.05) is 6.42 Å². The Morgan fingerprint density at radius 1 is 1.25 bits per heavy atom. The summed E-state index contributed by atoms with van der Waals surface area (Å²) in [7, 11) is -1.39. The molecule has 0 bridgehead atoms. The highest BCUT2D eigenvalue weighted by molar-refractivity contribution is 7.88. The van der Waals surface area contributed by atoms with Gasteiger partial charge in [-0.2, -0.15) is 0 Å². The Morgan fingerprint density at radius 2 is 1.83 bits per heavy atom. The van der Waals surface area contributed by atoms with Gasteiger partial charge in [0.25, 0.3) is 0 Å². The molecule has 74 valence electrons. The van der Waals surface area contributed by atoms with Crippen molar-refractivity contribution in [1.29, 1.82) is 0 Å². The molecular formula is C7H18N2O2S. The van der Waals surface area contributed by atoms with Crippen molar-refractivity contribution < 1.29 is 8.42 Å². The first-order valence-electron chi connectivity index (χ1n) is 4.10. The maximum absolute atomic E-state index is 10.9. The zero-order valence-electron chi connectivity index (χ0n) is 7.78. The SMILES string of the molecule is CN(CCCCCN)S(C)(=O)=O. The monoisotopic (exact) mass is 194 g/mol. The van der Waals surface area contributed by atoms with Gasteiger partial charge in [-0.05, 0) is 19.4 Å². The van der Waals surface area contributed by atoms with Crippen LogP contribution >= 0.6 is 0 Å². The van der Waals surface area contributed by atoms with Crippen molar-refractivity contribution in [2.24, 2.45) is 5.73 Å². The van der Waals surface area contributed by atoms with Gasteiger partial charge in [-0.25, -0.2) is 12.7 Å². The molecule has 4 nitrogen and oxygen atoms in total. The number of unbranched alkanes of at least 4 members (excludes halogenated alkanes) is 2. The molecule has 0 amide bonds. The molecule has 0 aromatic rings. The Morgan fingerprint density at radius 3 is 2.25 bits per heavy atom. The summed E-state index contributed by atoms with van der Waals surface area (Å²) in [5.74, 6) is 0. The number of hydrogen-bond acceptors (Lipinski definition) is 3. The van der Waals surface area contributed by atoms with Crippen molar-refractivity contribution in [3.8, 4) is 0 Å². The lowest BCUT2D eigenvalue weighted by Crippen LogP contribution is -2.26. The Hall–Kier alpha value is -0.130. The van der Waals surface area contributed by atoms with E-state index in [0.717, 1.165) is 19.3 Å². The van der Waals surface area contributed by atoms with Crippen LogP contribution in [0, 0.1) is 0 Å². The van der Waals surface area contributed by atoms with Crippen LogP contribution in [0.3, 0.4) is 0 Å². The molecule has 0 aliphatic rings. The average Bonchev–Trinajstić information content (AvgIpc) is 1.96. The van der Waals surface area contributed by atoms with Crippen molar-refractivity contribution in [3.05, 3.63) is 0 Å². The molecule has 0 atom stereocenters. The molecule has 0 heterocycles. The number of hydrogen-bond donors (Lipinski definition) is 1. The predicted molar refractivity (Wildman–Crippen MR) is 50.4 cm³/mol. The minimum atomic E-state index is -2.99. The summed E-state index contributed by atoms with van der Waals surface area (Å²) in [4.78, 5) is 0. The van der Waals surface area contributed by atoms with Crippen molar-refractivity contribution in [1.82, 2.24) is 4.31 Å². The van der Waals surface area contributed by atoms with E-state index in [1.165, 1.54) is 10.6 Å². The van der Waals surface area contributed by atoms with Crippen LogP contribution in [0.5, 0.6) is 0 Å². The lowest BCUT2D eigenvalue weighted by molar-refractivity contribution is 0.457. The lowest BCUT2D eigenvalue weighted by Gasteiger charge is -2.12. The smallest absolute Gasteiger partial charge is 0.210 e. The Labute approximate surface area is 74.8 Å². The second-order valence-corrected chi connectivity index (χ2v) is 5.02. The quantitative estimate of drug-likeness (QED) is 0.606. The summed E-state index contributed by atoms with van der Waals surface area (Å²) in [6, 6.07) is 0. The lowest BCUT2D eigenvalue weighted by atomic mass is 10.2. The van der Waals surface area contributed by atoms with Crippen LogP contribution in [0.1, 0.15) is 19.3 Å². The largest absolute Gasteiger partial charge is 0.330 e. The van der Waals surface area contributed by atoms with Crippen molar-refractivity contribution in [2.45, 2.75) is 19.3 Å². The summed E-state index contributed by atoms with van der Waals surface area (Å²) in [6.45, 7) is 1.28. The first-order chi connectivity index (χ1) is 5.48. The summed E-state index contributed by atoms with van der Waals surface area (Å²) < 4.78 is 23.2. The van der Waals surface area contributed by atoms with Gasteiger partial charge in [-0.3, -0.25) is 0 Å². The Bertz CT molecular complexity index is 201. The third-order valence-electron chi connectivity index (χ3n) is 1.74. The summed E-state index contributed by atoms with van der Waals surface area (Å²) in [5.41, 5.74) is 5.30. The number of nitrogens with two attached hydrogens (primary N) is 1. The fraction of sp³-hybridized carbons (Fsp3) is 1.00. The van der Waals surface area contributed by atoms with Crippen LogP contribution in [0.25, 0.3) is 0 Å². The van der Waals surface area contributed by atoms with Crippen LogP contribution in [0.2, 0.25) is 0 Å². The maximum Gasteiger partial charge on any atom is 0.210 e. The number of nitrogens with zero attached hydrogens (tertiary/aromatic N) is 1. The van der Waals surface area contributed by atoms with Gasteiger partial charge >= 0.3 is 0 Å². The summed E-state index contributed by atoms with van der Waals surface area (Å²) >= 11 is 0. The van der Waals surface area contributed by atoms with E-state index in [2.05, 4.69) is 0 Å². The van der Waals surface area contributed by atoms with E-state index in [-0.39, 0.29) is 0 Å². The molecule has 0 saturated carbocycles. The van der Waals surface area contributed by atoms with Crippen molar-refractivity contribution >= 4 is 10.0 Å². The van der Waals surface area contributed by atoms with Gasteiger partial charge in [0.1, 0.15) is 0 Å². The maximum atomic E-state index is 10.9. The topological polar surface area (TPSA) is 63.4 Å². The fourth-order valence-electron chi connectivity index (χ4n) is 0.821. The van der Waals surface area contributed by atoms with Crippen molar-refractivity contribution in [3.63, 3.8) is 0 Å². The standard InChI is InChI=1S/C7H18N2O2S/c1-9(12(2,10)11)7-5-3-4-6-8/h3-8H2,1-2H3. The molecule has 0 rings (SSSR count). The van der Waals surface area contributed by atoms with Gasteiger partial charge in [0.05, 0.1) is 6.26 Å². The number of rotatable bonds is 6. The van der Waals surface area contributed by atoms with E-state index >= 15 is 0 Å². The van der Waals surface area contributed by atoms with Gasteiger partial charge in [0.2, 0.25) is 10.0 Å². The Kier molecular flexibility index (Phi) is 5.44. The second-order valence-electron chi connectivity index (χ2n) is 2.93. The van der Waals surface area contributed by atoms with Gasteiger partial charge in [-0.15, -0.1) is 0 Å². The summed E-state index contributed by atoms with van der Waals surface area (Å²) in [6.07, 6.45) is 4.07. The van der Waals surface area contributed by atoms with E-state index in [4.69, 9.17) is 5.73 Å². The highest BCUT2D eigenvalue weighted by atomic mass is 32.2. The Balaban J connectivity index is 3.52. The second kappa shape index (κ2) is 5.50. The van der Waals surface area contributed by atoms with Crippen LogP contribution in [0.4, 0.5) is 0 Å². The van der Waals surface area contributed by atoms with Crippen LogP contribution in [-0.2, 0) is 10.0 Å². The first kappa shape index (κ1) is 11.9. The fourth-order valence-corrected chi connectivity index (χ4v) is 1.28. The van der Waals surface area contributed by atoms with E-state index in [9.17, 15) is 8.42 Å². The molecule has 0 aromatic carbocycles. The first-order valence-corrected chi connectivity index (χ1v) is 5.94. The minimum Gasteiger partial charge on any atom is -0.330 e. The predicted octanol–water partition coefficient (Wildman–Crippen LogP) is 0.00680. The van der Waals surface area contributed by atoms with E-state index in [0.29, 0.717) is 13.1 Å². The van der Waals surface area contributed by atoms with E-state index < -0.39 is 10.0 Å². The summed E-state index contributed by atoms with van der Waals surface area (Å²) in [5, 5.41) is 0. The van der Waals surface area contributed by atoms with Crippen molar-refractivity contribution in [2.75, 3.05) is 26.4 Å². The average molecular weight is 194 g/mol. The molecule has 0 aromatic heterocycles. The number of sulfonamides is 1. The van der Waals surface area contributed by atoms with Crippen LogP contribution in [0.15, 0.2) is 0 Å². The molecule has 0 aliphatic heterocycles. The molecular weight excluding hydrogens is 176 g/mol. The molecule has 0 aliphatic carbocycles.